The molecule has 0 aliphatic carbocycles. The molecular formula is C22H33Cl2N3O2. The second-order valence-corrected chi connectivity index (χ2v) is 9.51. The second-order valence-electron chi connectivity index (χ2n) is 8.69. The van der Waals surface area contributed by atoms with Crippen molar-refractivity contribution in [2.45, 2.75) is 45.4 Å². The van der Waals surface area contributed by atoms with Crippen molar-refractivity contribution in [3.8, 4) is 0 Å². The van der Waals surface area contributed by atoms with Crippen LogP contribution in [0.1, 0.15) is 32.3 Å². The summed E-state index contributed by atoms with van der Waals surface area (Å²) in [4.78, 5) is 19.2. The van der Waals surface area contributed by atoms with Gasteiger partial charge in [-0.3, -0.25) is 14.6 Å². The normalized spacial score (nSPS) is 24.6. The molecule has 0 N–H and O–H groups in total. The summed E-state index contributed by atoms with van der Waals surface area (Å²) in [7, 11) is 1.85. The average Bonchev–Trinajstić information content (AvgIpc) is 2.65. The summed E-state index contributed by atoms with van der Waals surface area (Å²) in [6.45, 7) is 10.5. The Morgan fingerprint density at radius 2 is 1.76 bits per heavy atom. The van der Waals surface area contributed by atoms with Gasteiger partial charge in [0.2, 0.25) is 5.91 Å². The molecule has 0 bridgehead atoms. The Morgan fingerprint density at radius 3 is 2.38 bits per heavy atom. The highest BCUT2D eigenvalue weighted by atomic mass is 35.5. The number of hydrogen-bond acceptors (Lipinski definition) is 4. The topological polar surface area (TPSA) is 36.0 Å². The number of likely N-dealkylation sites (N-methyl/N-ethyl adjacent to an activating group) is 1. The van der Waals surface area contributed by atoms with Crippen LogP contribution in [-0.4, -0.2) is 79.1 Å². The van der Waals surface area contributed by atoms with Crippen LogP contribution < -0.4 is 0 Å². The number of morpholine rings is 1. The lowest BCUT2D eigenvalue weighted by Gasteiger charge is -2.39. The number of rotatable bonds is 6. The van der Waals surface area contributed by atoms with E-state index in [0.717, 1.165) is 51.1 Å². The van der Waals surface area contributed by atoms with Gasteiger partial charge in [-0.25, -0.2) is 0 Å². The van der Waals surface area contributed by atoms with Gasteiger partial charge in [0.15, 0.2) is 0 Å². The number of nitrogens with zero attached hydrogens (tertiary/aromatic N) is 3. The quantitative estimate of drug-likeness (QED) is 0.672. The number of piperidine rings is 1. The van der Waals surface area contributed by atoms with Gasteiger partial charge in [-0.05, 0) is 63.4 Å². The van der Waals surface area contributed by atoms with Crippen molar-refractivity contribution in [3.63, 3.8) is 0 Å². The molecule has 0 saturated carbocycles. The molecule has 2 unspecified atom stereocenters. The Kier molecular flexibility index (Phi) is 8.23. The lowest BCUT2D eigenvalue weighted by molar-refractivity contribution is -0.132. The van der Waals surface area contributed by atoms with Gasteiger partial charge in [-0.2, -0.15) is 0 Å². The Bertz CT molecular complexity index is 685. The minimum atomic E-state index is 0.144. The van der Waals surface area contributed by atoms with Crippen LogP contribution in [0, 0.1) is 5.92 Å². The highest BCUT2D eigenvalue weighted by molar-refractivity contribution is 6.42. The van der Waals surface area contributed by atoms with Gasteiger partial charge in [0.05, 0.1) is 28.8 Å². The maximum absolute atomic E-state index is 12.6. The van der Waals surface area contributed by atoms with E-state index in [1.807, 2.05) is 19.2 Å². The third-order valence-electron chi connectivity index (χ3n) is 5.91. The monoisotopic (exact) mass is 441 g/mol. The van der Waals surface area contributed by atoms with Crippen LogP contribution in [0.25, 0.3) is 0 Å². The minimum absolute atomic E-state index is 0.144. The number of amides is 1. The molecule has 0 radical (unpaired) electrons. The van der Waals surface area contributed by atoms with Crippen LogP contribution in [0.4, 0.5) is 0 Å². The molecule has 2 aliphatic rings. The molecule has 7 heteroatoms. The van der Waals surface area contributed by atoms with Crippen molar-refractivity contribution in [2.75, 3.05) is 46.3 Å². The summed E-state index contributed by atoms with van der Waals surface area (Å²) in [5.74, 6) is 0.859. The van der Waals surface area contributed by atoms with Crippen molar-refractivity contribution < 1.29 is 9.53 Å². The van der Waals surface area contributed by atoms with Crippen LogP contribution in [0.3, 0.4) is 0 Å². The van der Waals surface area contributed by atoms with Crippen molar-refractivity contribution >= 4 is 29.1 Å². The number of benzene rings is 1. The summed E-state index contributed by atoms with van der Waals surface area (Å²) in [6.07, 6.45) is 2.96. The molecule has 0 aromatic heterocycles. The summed E-state index contributed by atoms with van der Waals surface area (Å²) >= 11 is 12.0. The summed E-state index contributed by atoms with van der Waals surface area (Å²) in [6, 6.07) is 5.52. The summed E-state index contributed by atoms with van der Waals surface area (Å²) in [5, 5.41) is 1.06. The first-order valence-electron chi connectivity index (χ1n) is 10.6. The minimum Gasteiger partial charge on any atom is -0.373 e. The largest absolute Gasteiger partial charge is 0.373 e. The zero-order valence-electron chi connectivity index (χ0n) is 17.7. The Morgan fingerprint density at radius 1 is 1.10 bits per heavy atom. The Balaban J connectivity index is 1.40. The van der Waals surface area contributed by atoms with Crippen molar-refractivity contribution in [3.05, 3.63) is 33.8 Å². The van der Waals surface area contributed by atoms with Gasteiger partial charge in [-0.15, -0.1) is 0 Å². The van der Waals surface area contributed by atoms with Crippen LogP contribution >= 0.6 is 23.2 Å². The fourth-order valence-corrected chi connectivity index (χ4v) is 4.76. The molecule has 2 aliphatic heterocycles. The maximum Gasteiger partial charge on any atom is 0.236 e. The molecule has 3 rings (SSSR count). The zero-order chi connectivity index (χ0) is 21.0. The molecule has 1 amide bonds. The smallest absolute Gasteiger partial charge is 0.236 e. The van der Waals surface area contributed by atoms with E-state index < -0.39 is 0 Å². The van der Waals surface area contributed by atoms with Gasteiger partial charge >= 0.3 is 0 Å². The van der Waals surface area contributed by atoms with E-state index in [0.29, 0.717) is 41.3 Å². The van der Waals surface area contributed by atoms with Crippen LogP contribution in [0.2, 0.25) is 10.0 Å². The highest BCUT2D eigenvalue weighted by Crippen LogP contribution is 2.24. The standard InChI is InChI=1S/C22H33Cl2N3O2/c1-16-11-27(12-17(2)29-16)14-18-6-8-26(9-7-18)15-22(28)25(3)13-19-4-5-20(23)21(24)10-19/h4-5,10,16-18H,6-9,11-15H2,1-3H3. The molecule has 2 saturated heterocycles. The number of ether oxygens (including phenoxy) is 1. The first-order chi connectivity index (χ1) is 13.8. The lowest BCUT2D eigenvalue weighted by Crippen LogP contribution is -2.49. The molecule has 2 heterocycles. The molecule has 5 nitrogen and oxygen atoms in total. The fourth-order valence-electron chi connectivity index (χ4n) is 4.44. The highest BCUT2D eigenvalue weighted by Gasteiger charge is 2.27. The van der Waals surface area contributed by atoms with Gasteiger partial charge in [0.1, 0.15) is 0 Å². The molecule has 2 fully saturated rings. The van der Waals surface area contributed by atoms with Gasteiger partial charge in [0.25, 0.3) is 0 Å². The predicted molar refractivity (Wildman–Crippen MR) is 119 cm³/mol. The maximum atomic E-state index is 12.6. The number of halogens is 2. The van der Waals surface area contributed by atoms with E-state index in [4.69, 9.17) is 27.9 Å². The van der Waals surface area contributed by atoms with Gasteiger partial charge in [0, 0.05) is 33.2 Å². The first kappa shape index (κ1) is 22.8. The number of likely N-dealkylation sites (tertiary alicyclic amines) is 1. The van der Waals surface area contributed by atoms with Gasteiger partial charge < -0.3 is 9.64 Å². The third-order valence-corrected chi connectivity index (χ3v) is 6.65. The average molecular weight is 442 g/mol. The van der Waals surface area contributed by atoms with Crippen LogP contribution in [-0.2, 0) is 16.1 Å². The SMILES string of the molecule is CC1CN(CC2CCN(CC(=O)N(C)Cc3ccc(Cl)c(Cl)c3)CC2)CC(C)O1. The Labute approximate surface area is 184 Å². The number of carbonyl (C=O) groups excluding carboxylic acids is 1. The van der Waals surface area contributed by atoms with E-state index in [9.17, 15) is 4.79 Å². The van der Waals surface area contributed by atoms with E-state index in [2.05, 4.69) is 23.6 Å². The van der Waals surface area contributed by atoms with Crippen molar-refractivity contribution in [1.82, 2.24) is 14.7 Å². The van der Waals surface area contributed by atoms with Gasteiger partial charge in [-0.1, -0.05) is 29.3 Å². The van der Waals surface area contributed by atoms with E-state index >= 15 is 0 Å². The van der Waals surface area contributed by atoms with Crippen LogP contribution in [0.5, 0.6) is 0 Å². The molecule has 162 valence electrons. The van der Waals surface area contributed by atoms with Crippen molar-refractivity contribution in [2.24, 2.45) is 5.92 Å². The Hall–Kier alpha value is -0.850. The fraction of sp³-hybridized carbons (Fsp3) is 0.682. The van der Waals surface area contributed by atoms with E-state index in [1.165, 1.54) is 0 Å². The third kappa shape index (κ3) is 6.83. The molecule has 1 aromatic rings. The summed E-state index contributed by atoms with van der Waals surface area (Å²) < 4.78 is 5.84. The summed E-state index contributed by atoms with van der Waals surface area (Å²) in [5.41, 5.74) is 0.989. The predicted octanol–water partition coefficient (Wildman–Crippen LogP) is 3.77. The number of hydrogen-bond donors (Lipinski definition) is 0. The molecule has 2 atom stereocenters. The lowest BCUT2D eigenvalue weighted by atomic mass is 9.95. The molecular weight excluding hydrogens is 409 g/mol. The molecule has 1 aromatic carbocycles. The number of carbonyl (C=O) groups is 1. The van der Waals surface area contributed by atoms with Crippen LogP contribution in [0.15, 0.2) is 18.2 Å². The second kappa shape index (κ2) is 10.5. The molecule has 29 heavy (non-hydrogen) atoms. The van der Waals surface area contributed by atoms with E-state index in [-0.39, 0.29) is 5.91 Å². The zero-order valence-corrected chi connectivity index (χ0v) is 19.3. The first-order valence-corrected chi connectivity index (χ1v) is 11.3. The molecule has 0 spiro atoms. The van der Waals surface area contributed by atoms with Crippen molar-refractivity contribution in [1.29, 1.82) is 0 Å². The van der Waals surface area contributed by atoms with E-state index in [1.54, 1.807) is 11.0 Å².